The van der Waals surface area contributed by atoms with Crippen molar-refractivity contribution in [1.29, 1.82) is 0 Å². The Balaban J connectivity index is 1.43. The number of likely N-dealkylation sites (tertiary alicyclic amines) is 1. The third kappa shape index (κ3) is 3.03. The minimum Gasteiger partial charge on any atom is -0.440 e. The Morgan fingerprint density at radius 3 is 2.95 bits per heavy atom. The molecule has 2 aromatic rings. The number of nitrogens with zero attached hydrogens (tertiary/aromatic N) is 2. The second kappa shape index (κ2) is 6.39. The average molecular weight is 300 g/mol. The number of ether oxygens (including phenoxy) is 1. The first-order valence-corrected chi connectivity index (χ1v) is 8.58. The zero-order valence-corrected chi connectivity index (χ0v) is 13.0. The Labute approximate surface area is 131 Å². The van der Waals surface area contributed by atoms with Crippen LogP contribution >= 0.6 is 0 Å². The molecule has 0 N–H and O–H groups in total. The van der Waals surface area contributed by atoms with Gasteiger partial charge in [0.05, 0.1) is 6.10 Å². The molecule has 2 aliphatic rings. The first kappa shape index (κ1) is 14.2. The molecular weight excluding hydrogens is 276 g/mol. The summed E-state index contributed by atoms with van der Waals surface area (Å²) in [7, 11) is 0. The summed E-state index contributed by atoms with van der Waals surface area (Å²) in [5.74, 6) is 1.33. The van der Waals surface area contributed by atoms with Crippen molar-refractivity contribution < 1.29 is 9.15 Å². The highest BCUT2D eigenvalue weighted by Crippen LogP contribution is 2.29. The zero-order chi connectivity index (χ0) is 14.8. The molecule has 118 valence electrons. The van der Waals surface area contributed by atoms with Crippen LogP contribution in [0.25, 0.3) is 11.1 Å². The molecule has 1 aromatic carbocycles. The van der Waals surface area contributed by atoms with Gasteiger partial charge in [0.2, 0.25) is 0 Å². The number of piperidine rings is 1. The molecule has 0 unspecified atom stereocenters. The molecule has 22 heavy (non-hydrogen) atoms. The van der Waals surface area contributed by atoms with Crippen LogP contribution in [0.4, 0.5) is 0 Å². The Morgan fingerprint density at radius 1 is 1.14 bits per heavy atom. The molecule has 2 fully saturated rings. The monoisotopic (exact) mass is 300 g/mol. The Kier molecular flexibility index (Phi) is 4.13. The predicted molar refractivity (Wildman–Crippen MR) is 86.0 cm³/mol. The number of hydrogen-bond donors (Lipinski definition) is 0. The van der Waals surface area contributed by atoms with E-state index in [0.29, 0.717) is 12.0 Å². The van der Waals surface area contributed by atoms with Crippen molar-refractivity contribution in [3.63, 3.8) is 0 Å². The summed E-state index contributed by atoms with van der Waals surface area (Å²) in [6.07, 6.45) is 6.57. The summed E-state index contributed by atoms with van der Waals surface area (Å²) in [6.45, 7) is 4.23. The number of aromatic nitrogens is 1. The summed E-state index contributed by atoms with van der Waals surface area (Å²) in [5, 5.41) is 0. The Bertz CT molecular complexity index is 585. The molecule has 0 radical (unpaired) electrons. The molecule has 2 aliphatic heterocycles. The van der Waals surface area contributed by atoms with Crippen LogP contribution in [0.2, 0.25) is 0 Å². The van der Waals surface area contributed by atoms with Gasteiger partial charge in [0.1, 0.15) is 5.52 Å². The molecule has 1 aromatic heterocycles. The van der Waals surface area contributed by atoms with Gasteiger partial charge in [-0.3, -0.25) is 4.90 Å². The van der Waals surface area contributed by atoms with E-state index in [4.69, 9.17) is 14.1 Å². The van der Waals surface area contributed by atoms with Gasteiger partial charge in [0.15, 0.2) is 11.5 Å². The average Bonchev–Trinajstić information content (AvgIpc) is 3.00. The van der Waals surface area contributed by atoms with Crippen LogP contribution in [0.5, 0.6) is 0 Å². The number of oxazole rings is 1. The van der Waals surface area contributed by atoms with Gasteiger partial charge in [-0.2, -0.15) is 0 Å². The standard InChI is InChI=1S/C18H24N2O2/c1-2-9-17-16(8-1)19-18(22-17)14-6-5-10-20(12-14)13-15-7-3-4-11-21-15/h1-2,8-9,14-15H,3-7,10-13H2/t14-,15+/m0/s1. The topological polar surface area (TPSA) is 38.5 Å². The molecule has 2 saturated heterocycles. The van der Waals surface area contributed by atoms with Gasteiger partial charge in [-0.15, -0.1) is 0 Å². The highest BCUT2D eigenvalue weighted by molar-refractivity contribution is 5.72. The van der Waals surface area contributed by atoms with Crippen molar-refractivity contribution >= 4 is 11.1 Å². The number of para-hydroxylation sites is 2. The third-order valence-electron chi connectivity index (χ3n) is 4.90. The van der Waals surface area contributed by atoms with E-state index >= 15 is 0 Å². The number of fused-ring (bicyclic) bond motifs is 1. The highest BCUT2D eigenvalue weighted by atomic mass is 16.5. The van der Waals surface area contributed by atoms with Crippen LogP contribution in [0.1, 0.15) is 43.9 Å². The fourth-order valence-electron chi connectivity index (χ4n) is 3.73. The van der Waals surface area contributed by atoms with Crippen LogP contribution in [0.15, 0.2) is 28.7 Å². The van der Waals surface area contributed by atoms with Gasteiger partial charge in [0.25, 0.3) is 0 Å². The van der Waals surface area contributed by atoms with E-state index in [1.54, 1.807) is 0 Å². The molecule has 4 nitrogen and oxygen atoms in total. The quantitative estimate of drug-likeness (QED) is 0.868. The van der Waals surface area contributed by atoms with E-state index in [1.165, 1.54) is 38.6 Å². The van der Waals surface area contributed by atoms with Gasteiger partial charge in [-0.25, -0.2) is 4.98 Å². The van der Waals surface area contributed by atoms with Crippen molar-refractivity contribution in [2.24, 2.45) is 0 Å². The molecular formula is C18H24N2O2. The van der Waals surface area contributed by atoms with Crippen LogP contribution in [-0.2, 0) is 4.74 Å². The van der Waals surface area contributed by atoms with Crippen molar-refractivity contribution in [2.75, 3.05) is 26.2 Å². The lowest BCUT2D eigenvalue weighted by atomic mass is 9.97. The molecule has 0 amide bonds. The summed E-state index contributed by atoms with van der Waals surface area (Å²) in [4.78, 5) is 7.23. The number of benzene rings is 1. The minimum absolute atomic E-state index is 0.421. The minimum atomic E-state index is 0.421. The van der Waals surface area contributed by atoms with Gasteiger partial charge in [-0.05, 0) is 50.8 Å². The van der Waals surface area contributed by atoms with Crippen molar-refractivity contribution in [1.82, 2.24) is 9.88 Å². The van der Waals surface area contributed by atoms with Gasteiger partial charge >= 0.3 is 0 Å². The maximum absolute atomic E-state index is 5.98. The fourth-order valence-corrected chi connectivity index (χ4v) is 3.73. The van der Waals surface area contributed by atoms with E-state index in [9.17, 15) is 0 Å². The maximum atomic E-state index is 5.98. The smallest absolute Gasteiger partial charge is 0.199 e. The van der Waals surface area contributed by atoms with Gasteiger partial charge in [-0.1, -0.05) is 12.1 Å². The van der Waals surface area contributed by atoms with E-state index in [2.05, 4.69) is 4.90 Å². The van der Waals surface area contributed by atoms with E-state index in [0.717, 1.165) is 36.7 Å². The van der Waals surface area contributed by atoms with Crippen LogP contribution < -0.4 is 0 Å². The van der Waals surface area contributed by atoms with Crippen LogP contribution in [0.3, 0.4) is 0 Å². The highest BCUT2D eigenvalue weighted by Gasteiger charge is 2.27. The first-order valence-electron chi connectivity index (χ1n) is 8.58. The number of rotatable bonds is 3. The SMILES string of the molecule is c1ccc2oc([C@H]3CCCN(C[C@H]4CCCCO4)C3)nc2c1. The summed E-state index contributed by atoms with van der Waals surface area (Å²) in [5.41, 5.74) is 1.88. The Morgan fingerprint density at radius 2 is 2.09 bits per heavy atom. The van der Waals surface area contributed by atoms with Gasteiger partial charge in [0, 0.05) is 25.6 Å². The zero-order valence-electron chi connectivity index (χ0n) is 13.0. The normalized spacial score (nSPS) is 27.3. The summed E-state index contributed by atoms with van der Waals surface area (Å²) in [6, 6.07) is 8.05. The molecule has 4 heteroatoms. The predicted octanol–water partition coefficient (Wildman–Crippen LogP) is 3.58. The van der Waals surface area contributed by atoms with Crippen LogP contribution in [-0.4, -0.2) is 42.2 Å². The lowest BCUT2D eigenvalue weighted by Crippen LogP contribution is -2.41. The second-order valence-corrected chi connectivity index (χ2v) is 6.61. The molecule has 0 spiro atoms. The van der Waals surface area contributed by atoms with E-state index in [1.807, 2.05) is 24.3 Å². The Hall–Kier alpha value is -1.39. The molecule has 3 heterocycles. The lowest BCUT2D eigenvalue weighted by Gasteiger charge is -2.34. The summed E-state index contributed by atoms with van der Waals surface area (Å²) >= 11 is 0. The molecule has 0 saturated carbocycles. The van der Waals surface area contributed by atoms with Crippen molar-refractivity contribution in [3.05, 3.63) is 30.2 Å². The van der Waals surface area contributed by atoms with E-state index < -0.39 is 0 Å². The largest absolute Gasteiger partial charge is 0.440 e. The lowest BCUT2D eigenvalue weighted by molar-refractivity contribution is -0.0106. The molecule has 0 aliphatic carbocycles. The second-order valence-electron chi connectivity index (χ2n) is 6.61. The summed E-state index contributed by atoms with van der Waals surface area (Å²) < 4.78 is 11.9. The van der Waals surface area contributed by atoms with Crippen LogP contribution in [0, 0.1) is 0 Å². The maximum Gasteiger partial charge on any atom is 0.199 e. The number of hydrogen-bond acceptors (Lipinski definition) is 4. The molecule has 2 atom stereocenters. The van der Waals surface area contributed by atoms with Gasteiger partial charge < -0.3 is 9.15 Å². The third-order valence-corrected chi connectivity index (χ3v) is 4.90. The molecule has 4 rings (SSSR count). The van der Waals surface area contributed by atoms with Crippen molar-refractivity contribution in [2.45, 2.75) is 44.1 Å². The fraction of sp³-hybridized carbons (Fsp3) is 0.611. The van der Waals surface area contributed by atoms with E-state index in [-0.39, 0.29) is 0 Å². The van der Waals surface area contributed by atoms with Crippen molar-refractivity contribution in [3.8, 4) is 0 Å². The first-order chi connectivity index (χ1) is 10.9. The molecule has 0 bridgehead atoms.